The molecule has 30 heavy (non-hydrogen) atoms. The van der Waals surface area contributed by atoms with E-state index in [1.807, 2.05) is 17.0 Å². The van der Waals surface area contributed by atoms with Crippen molar-refractivity contribution >= 4 is 5.91 Å². The first-order valence-electron chi connectivity index (χ1n) is 9.77. The number of H-pyrrole nitrogens is 1. The Morgan fingerprint density at radius 3 is 2.67 bits per heavy atom. The van der Waals surface area contributed by atoms with Crippen molar-refractivity contribution in [2.24, 2.45) is 0 Å². The number of hydrogen-bond donors (Lipinski definition) is 1. The van der Waals surface area contributed by atoms with Gasteiger partial charge in [0.2, 0.25) is 5.91 Å². The van der Waals surface area contributed by atoms with Gasteiger partial charge in [0.15, 0.2) is 17.3 Å². The number of hydrogen-bond acceptors (Lipinski definition) is 5. The Hall–Kier alpha value is -3.42. The number of aromatic nitrogens is 3. The van der Waals surface area contributed by atoms with E-state index >= 15 is 0 Å². The number of likely N-dealkylation sites (tertiary alicyclic amines) is 1. The van der Waals surface area contributed by atoms with Gasteiger partial charge in [-0.1, -0.05) is 6.07 Å². The van der Waals surface area contributed by atoms with Crippen LogP contribution in [0.3, 0.4) is 0 Å². The fourth-order valence-corrected chi connectivity index (χ4v) is 3.77. The highest BCUT2D eigenvalue weighted by Crippen LogP contribution is 2.32. The van der Waals surface area contributed by atoms with Crippen LogP contribution in [0.25, 0.3) is 11.4 Å². The van der Waals surface area contributed by atoms with Gasteiger partial charge in [-0.2, -0.15) is 5.10 Å². The molecule has 0 spiro atoms. The maximum atomic E-state index is 13.2. The number of nitrogens with zero attached hydrogens (tertiary/aromatic N) is 3. The molecule has 1 N–H and O–H groups in total. The van der Waals surface area contributed by atoms with Crippen LogP contribution in [0, 0.1) is 5.82 Å². The molecule has 1 fully saturated rings. The van der Waals surface area contributed by atoms with Crippen LogP contribution in [0.2, 0.25) is 0 Å². The molecule has 0 bridgehead atoms. The van der Waals surface area contributed by atoms with Gasteiger partial charge in [0, 0.05) is 12.1 Å². The van der Waals surface area contributed by atoms with Crippen LogP contribution >= 0.6 is 0 Å². The fourth-order valence-electron chi connectivity index (χ4n) is 3.77. The lowest BCUT2D eigenvalue weighted by Gasteiger charge is -2.23. The Bertz CT molecular complexity index is 1040. The second kappa shape index (κ2) is 8.52. The van der Waals surface area contributed by atoms with E-state index in [1.165, 1.54) is 12.1 Å². The summed E-state index contributed by atoms with van der Waals surface area (Å²) < 4.78 is 23.7. The van der Waals surface area contributed by atoms with E-state index in [1.54, 1.807) is 32.4 Å². The highest BCUT2D eigenvalue weighted by Gasteiger charge is 2.32. The molecule has 7 nitrogen and oxygen atoms in total. The summed E-state index contributed by atoms with van der Waals surface area (Å²) in [6, 6.07) is 11.4. The molecule has 0 aliphatic carbocycles. The van der Waals surface area contributed by atoms with Gasteiger partial charge >= 0.3 is 0 Å². The molecular formula is C22H23FN4O3. The molecule has 0 unspecified atom stereocenters. The summed E-state index contributed by atoms with van der Waals surface area (Å²) in [5.41, 5.74) is 1.58. The predicted molar refractivity (Wildman–Crippen MR) is 109 cm³/mol. The monoisotopic (exact) mass is 410 g/mol. The maximum absolute atomic E-state index is 13.2. The molecule has 1 amide bonds. The molecule has 1 atom stereocenters. The van der Waals surface area contributed by atoms with E-state index in [4.69, 9.17) is 9.47 Å². The van der Waals surface area contributed by atoms with Gasteiger partial charge in [0.25, 0.3) is 0 Å². The summed E-state index contributed by atoms with van der Waals surface area (Å²) >= 11 is 0. The highest BCUT2D eigenvalue weighted by atomic mass is 19.1. The Labute approximate surface area is 173 Å². The standard InChI is InChI=1S/C22H23FN4O3/c1-29-18-10-5-14(12-19(18)30-2)13-20(28)27-11-3-4-17(27)22-24-21(25-26-22)15-6-8-16(23)9-7-15/h5-10,12,17H,3-4,11,13H2,1-2H3,(H,24,25,26)/t17-/m0/s1. The van der Waals surface area contributed by atoms with Crippen molar-refractivity contribution in [3.63, 3.8) is 0 Å². The van der Waals surface area contributed by atoms with Crippen molar-refractivity contribution in [2.75, 3.05) is 20.8 Å². The molecule has 1 saturated heterocycles. The lowest BCUT2D eigenvalue weighted by Crippen LogP contribution is -2.32. The zero-order valence-electron chi connectivity index (χ0n) is 16.9. The second-order valence-corrected chi connectivity index (χ2v) is 7.16. The molecule has 1 aliphatic rings. The number of aromatic amines is 1. The zero-order valence-corrected chi connectivity index (χ0v) is 16.9. The summed E-state index contributed by atoms with van der Waals surface area (Å²) in [6.45, 7) is 0.670. The van der Waals surface area contributed by atoms with Crippen LogP contribution < -0.4 is 9.47 Å². The Kier molecular flexibility index (Phi) is 5.65. The molecule has 3 aromatic rings. The maximum Gasteiger partial charge on any atom is 0.227 e. The SMILES string of the molecule is COc1ccc(CC(=O)N2CCC[C@H]2c2nc(-c3ccc(F)cc3)n[nH]2)cc1OC. The molecule has 2 aromatic carbocycles. The number of amides is 1. The van der Waals surface area contributed by atoms with Gasteiger partial charge in [0.05, 0.1) is 26.7 Å². The van der Waals surface area contributed by atoms with Gasteiger partial charge in [-0.15, -0.1) is 0 Å². The lowest BCUT2D eigenvalue weighted by molar-refractivity contribution is -0.131. The van der Waals surface area contributed by atoms with Crippen LogP contribution in [0.5, 0.6) is 11.5 Å². The third-order valence-electron chi connectivity index (χ3n) is 5.30. The largest absolute Gasteiger partial charge is 0.493 e. The average molecular weight is 410 g/mol. The average Bonchev–Trinajstić information content (AvgIpc) is 3.43. The van der Waals surface area contributed by atoms with Gasteiger partial charge < -0.3 is 14.4 Å². The number of carbonyl (C=O) groups is 1. The lowest BCUT2D eigenvalue weighted by atomic mass is 10.1. The van der Waals surface area contributed by atoms with Gasteiger partial charge in [0.1, 0.15) is 11.6 Å². The Balaban J connectivity index is 1.50. The summed E-state index contributed by atoms with van der Waals surface area (Å²) in [5.74, 6) is 2.07. The minimum Gasteiger partial charge on any atom is -0.493 e. The van der Waals surface area contributed by atoms with Crippen LogP contribution in [0.1, 0.15) is 30.3 Å². The topological polar surface area (TPSA) is 80.3 Å². The van der Waals surface area contributed by atoms with Crippen molar-refractivity contribution < 1.29 is 18.7 Å². The number of methoxy groups -OCH3 is 2. The molecule has 156 valence electrons. The van der Waals surface area contributed by atoms with Crippen molar-refractivity contribution in [3.8, 4) is 22.9 Å². The summed E-state index contributed by atoms with van der Waals surface area (Å²) in [4.78, 5) is 19.4. The number of benzene rings is 2. The van der Waals surface area contributed by atoms with Gasteiger partial charge in [-0.25, -0.2) is 9.37 Å². The van der Waals surface area contributed by atoms with E-state index in [-0.39, 0.29) is 24.2 Å². The van der Waals surface area contributed by atoms with Crippen LogP contribution in [-0.4, -0.2) is 46.8 Å². The first-order chi connectivity index (χ1) is 14.6. The molecule has 4 rings (SSSR count). The second-order valence-electron chi connectivity index (χ2n) is 7.16. The van der Waals surface area contributed by atoms with E-state index in [0.29, 0.717) is 29.7 Å². The third kappa shape index (κ3) is 3.98. The van der Waals surface area contributed by atoms with E-state index in [2.05, 4.69) is 15.2 Å². The normalized spacial score (nSPS) is 16.0. The molecule has 8 heteroatoms. The van der Waals surface area contributed by atoms with Crippen molar-refractivity contribution in [3.05, 3.63) is 59.7 Å². The van der Waals surface area contributed by atoms with Crippen LogP contribution in [-0.2, 0) is 11.2 Å². The summed E-state index contributed by atoms with van der Waals surface area (Å²) in [5, 5.41) is 7.21. The van der Waals surface area contributed by atoms with Crippen molar-refractivity contribution in [2.45, 2.75) is 25.3 Å². The molecule has 0 saturated carbocycles. The first kappa shape index (κ1) is 19.9. The summed E-state index contributed by atoms with van der Waals surface area (Å²) in [6.07, 6.45) is 1.97. The number of nitrogens with one attached hydrogen (secondary N) is 1. The number of rotatable bonds is 6. The van der Waals surface area contributed by atoms with Crippen molar-refractivity contribution in [1.82, 2.24) is 20.1 Å². The van der Waals surface area contributed by atoms with E-state index in [9.17, 15) is 9.18 Å². The number of ether oxygens (including phenoxy) is 2. The Morgan fingerprint density at radius 1 is 1.17 bits per heavy atom. The number of carbonyl (C=O) groups excluding carboxylic acids is 1. The first-order valence-corrected chi connectivity index (χ1v) is 9.77. The summed E-state index contributed by atoms with van der Waals surface area (Å²) in [7, 11) is 3.15. The van der Waals surface area contributed by atoms with Gasteiger partial charge in [-0.05, 0) is 54.8 Å². The van der Waals surface area contributed by atoms with Crippen LogP contribution in [0.15, 0.2) is 42.5 Å². The fraction of sp³-hybridized carbons (Fsp3) is 0.318. The van der Waals surface area contributed by atoms with Crippen LogP contribution in [0.4, 0.5) is 4.39 Å². The highest BCUT2D eigenvalue weighted by molar-refractivity contribution is 5.79. The van der Waals surface area contributed by atoms with E-state index in [0.717, 1.165) is 24.0 Å². The zero-order chi connectivity index (χ0) is 21.1. The smallest absolute Gasteiger partial charge is 0.227 e. The predicted octanol–water partition coefficient (Wildman–Crippen LogP) is 3.53. The molecule has 0 radical (unpaired) electrons. The minimum absolute atomic E-state index is 0.0180. The molecular weight excluding hydrogens is 387 g/mol. The van der Waals surface area contributed by atoms with Gasteiger partial charge in [-0.3, -0.25) is 9.89 Å². The minimum atomic E-state index is -0.308. The quantitative estimate of drug-likeness (QED) is 0.672. The van der Waals surface area contributed by atoms with Crippen molar-refractivity contribution in [1.29, 1.82) is 0 Å². The molecule has 1 aliphatic heterocycles. The molecule has 1 aromatic heterocycles. The number of halogens is 1. The Morgan fingerprint density at radius 2 is 1.93 bits per heavy atom. The third-order valence-corrected chi connectivity index (χ3v) is 5.30. The van der Waals surface area contributed by atoms with E-state index < -0.39 is 0 Å². The molecule has 2 heterocycles.